The van der Waals surface area contributed by atoms with E-state index in [0.29, 0.717) is 6.54 Å². The van der Waals surface area contributed by atoms with Gasteiger partial charge in [0.15, 0.2) is 0 Å². The Labute approximate surface area is 100 Å². The van der Waals surface area contributed by atoms with Gasteiger partial charge in [-0.1, -0.05) is 12.8 Å². The van der Waals surface area contributed by atoms with Crippen LogP contribution in [0.4, 0.5) is 10.1 Å². The van der Waals surface area contributed by atoms with E-state index in [1.165, 1.54) is 17.0 Å². The maximum atomic E-state index is 13.1. The van der Waals surface area contributed by atoms with Crippen LogP contribution < -0.4 is 5.73 Å². The predicted molar refractivity (Wildman–Crippen MR) is 65.8 cm³/mol. The Morgan fingerprint density at radius 1 is 1.53 bits per heavy atom. The van der Waals surface area contributed by atoms with Gasteiger partial charge in [0.2, 0.25) is 0 Å². The van der Waals surface area contributed by atoms with E-state index in [-0.39, 0.29) is 23.7 Å². The van der Waals surface area contributed by atoms with E-state index in [2.05, 4.69) is 5.92 Å². The van der Waals surface area contributed by atoms with Gasteiger partial charge in [-0.15, -0.1) is 6.42 Å². The lowest BCUT2D eigenvalue weighted by Gasteiger charge is -2.19. The summed E-state index contributed by atoms with van der Waals surface area (Å²) in [5.41, 5.74) is 5.95. The number of benzene rings is 1. The maximum Gasteiger partial charge on any atom is 0.254 e. The first-order valence-electron chi connectivity index (χ1n) is 5.37. The Morgan fingerprint density at radius 2 is 2.24 bits per heavy atom. The number of amides is 1. The Morgan fingerprint density at radius 3 is 2.76 bits per heavy atom. The molecule has 0 aliphatic heterocycles. The molecule has 0 fully saturated rings. The molecule has 0 unspecified atom stereocenters. The van der Waals surface area contributed by atoms with Crippen molar-refractivity contribution in [1.29, 1.82) is 0 Å². The number of nitrogens with zero attached hydrogens (tertiary/aromatic N) is 1. The molecule has 0 saturated heterocycles. The Hall–Kier alpha value is -2.02. The van der Waals surface area contributed by atoms with Gasteiger partial charge in [0, 0.05) is 17.8 Å². The quantitative estimate of drug-likeness (QED) is 0.638. The number of anilines is 1. The lowest BCUT2D eigenvalue weighted by molar-refractivity contribution is 0.0776. The minimum absolute atomic E-state index is 0.211. The third kappa shape index (κ3) is 3.49. The molecule has 1 aromatic carbocycles. The first kappa shape index (κ1) is 13.0. The van der Waals surface area contributed by atoms with E-state index >= 15 is 0 Å². The molecule has 2 N–H and O–H groups in total. The summed E-state index contributed by atoms with van der Waals surface area (Å²) < 4.78 is 13.1. The first-order valence-corrected chi connectivity index (χ1v) is 5.37. The van der Waals surface area contributed by atoms with E-state index in [0.717, 1.165) is 12.5 Å². The van der Waals surface area contributed by atoms with Crippen molar-refractivity contribution in [3.63, 3.8) is 0 Å². The van der Waals surface area contributed by atoms with Crippen LogP contribution in [-0.4, -0.2) is 23.9 Å². The first-order chi connectivity index (χ1) is 8.08. The molecule has 0 atom stereocenters. The third-order valence-corrected chi connectivity index (χ3v) is 2.23. The number of hydrogen-bond donors (Lipinski definition) is 1. The number of nitrogen functional groups attached to an aromatic ring is 1. The molecule has 1 amide bonds. The number of rotatable bonds is 4. The van der Waals surface area contributed by atoms with Crippen LogP contribution >= 0.6 is 0 Å². The Kier molecular flexibility index (Phi) is 4.53. The van der Waals surface area contributed by atoms with Gasteiger partial charge in [-0.2, -0.15) is 0 Å². The van der Waals surface area contributed by atoms with Crippen LogP contribution in [0.15, 0.2) is 18.2 Å². The molecule has 0 saturated carbocycles. The van der Waals surface area contributed by atoms with Gasteiger partial charge in [-0.05, 0) is 24.6 Å². The van der Waals surface area contributed by atoms with E-state index in [9.17, 15) is 9.18 Å². The smallest absolute Gasteiger partial charge is 0.254 e. The van der Waals surface area contributed by atoms with Gasteiger partial charge >= 0.3 is 0 Å². The summed E-state index contributed by atoms with van der Waals surface area (Å²) in [4.78, 5) is 13.5. The third-order valence-electron chi connectivity index (χ3n) is 2.23. The van der Waals surface area contributed by atoms with E-state index < -0.39 is 5.82 Å². The average molecular weight is 234 g/mol. The molecule has 3 nitrogen and oxygen atoms in total. The summed E-state index contributed by atoms with van der Waals surface area (Å²) in [5.74, 6) is 1.59. The van der Waals surface area contributed by atoms with Gasteiger partial charge in [-0.25, -0.2) is 4.39 Å². The summed E-state index contributed by atoms with van der Waals surface area (Å²) in [6, 6.07) is 3.78. The largest absolute Gasteiger partial charge is 0.399 e. The molecule has 0 bridgehead atoms. The zero-order chi connectivity index (χ0) is 12.8. The number of carbonyl (C=O) groups is 1. The second kappa shape index (κ2) is 5.90. The van der Waals surface area contributed by atoms with Crippen molar-refractivity contribution in [2.45, 2.75) is 13.3 Å². The van der Waals surface area contributed by atoms with Crippen LogP contribution in [0, 0.1) is 18.2 Å². The van der Waals surface area contributed by atoms with Crippen LogP contribution in [0.1, 0.15) is 23.7 Å². The van der Waals surface area contributed by atoms with Crippen LogP contribution in [0.25, 0.3) is 0 Å². The second-order valence-electron chi connectivity index (χ2n) is 3.70. The molecule has 0 aromatic heterocycles. The number of nitrogens with two attached hydrogens (primary N) is 1. The molecule has 0 aliphatic carbocycles. The van der Waals surface area contributed by atoms with Crippen LogP contribution in [-0.2, 0) is 0 Å². The highest BCUT2D eigenvalue weighted by atomic mass is 19.1. The van der Waals surface area contributed by atoms with E-state index in [4.69, 9.17) is 12.2 Å². The fourth-order valence-electron chi connectivity index (χ4n) is 1.55. The standard InChI is InChI=1S/C13H15FN2O/c1-3-5-16(6-4-2)13(17)10-7-11(14)9-12(15)8-10/h1,7-9H,4-6,15H2,2H3. The zero-order valence-electron chi connectivity index (χ0n) is 9.74. The molecule has 0 heterocycles. The van der Waals surface area contributed by atoms with E-state index in [1.807, 2.05) is 6.92 Å². The van der Waals surface area contributed by atoms with Crippen molar-refractivity contribution in [3.05, 3.63) is 29.6 Å². The topological polar surface area (TPSA) is 46.3 Å². The molecule has 0 spiro atoms. The molecule has 0 aliphatic rings. The number of hydrogen-bond acceptors (Lipinski definition) is 2. The SMILES string of the molecule is C#CCN(CCC)C(=O)c1cc(N)cc(F)c1. The fourth-order valence-corrected chi connectivity index (χ4v) is 1.55. The lowest BCUT2D eigenvalue weighted by Crippen LogP contribution is -2.32. The molecule has 1 rings (SSSR count). The Bertz CT molecular complexity index is 431. The second-order valence-corrected chi connectivity index (χ2v) is 3.70. The highest BCUT2D eigenvalue weighted by Crippen LogP contribution is 2.13. The maximum absolute atomic E-state index is 13.1. The van der Waals surface area contributed by atoms with Crippen molar-refractivity contribution in [2.75, 3.05) is 18.8 Å². The average Bonchev–Trinajstić information content (AvgIpc) is 2.26. The molecule has 90 valence electrons. The van der Waals surface area contributed by atoms with Crippen LogP contribution in [0.3, 0.4) is 0 Å². The van der Waals surface area contributed by atoms with Crippen molar-refractivity contribution < 1.29 is 9.18 Å². The fraction of sp³-hybridized carbons (Fsp3) is 0.308. The summed E-state index contributed by atoms with van der Waals surface area (Å²) in [6.45, 7) is 2.69. The molecule has 4 heteroatoms. The Balaban J connectivity index is 2.96. The molecule has 1 aromatic rings. The summed E-state index contributed by atoms with van der Waals surface area (Å²) in [5, 5.41) is 0. The van der Waals surface area contributed by atoms with Gasteiger partial charge in [0.05, 0.1) is 6.54 Å². The van der Waals surface area contributed by atoms with Crippen molar-refractivity contribution >= 4 is 11.6 Å². The van der Waals surface area contributed by atoms with Gasteiger partial charge in [0.25, 0.3) is 5.91 Å². The highest BCUT2D eigenvalue weighted by molar-refractivity contribution is 5.95. The van der Waals surface area contributed by atoms with Crippen molar-refractivity contribution in [2.24, 2.45) is 0 Å². The summed E-state index contributed by atoms with van der Waals surface area (Å²) in [6.07, 6.45) is 5.98. The number of terminal acetylenes is 1. The highest BCUT2D eigenvalue weighted by Gasteiger charge is 2.15. The molecule has 17 heavy (non-hydrogen) atoms. The molecular formula is C13H15FN2O. The monoisotopic (exact) mass is 234 g/mol. The number of carbonyl (C=O) groups excluding carboxylic acids is 1. The minimum atomic E-state index is -0.523. The van der Waals surface area contributed by atoms with Crippen molar-refractivity contribution in [1.82, 2.24) is 4.90 Å². The lowest BCUT2D eigenvalue weighted by atomic mass is 10.1. The van der Waals surface area contributed by atoms with Crippen LogP contribution in [0.2, 0.25) is 0 Å². The van der Waals surface area contributed by atoms with Crippen LogP contribution in [0.5, 0.6) is 0 Å². The van der Waals surface area contributed by atoms with Crippen molar-refractivity contribution in [3.8, 4) is 12.3 Å². The predicted octanol–water partition coefficient (Wildman–Crippen LogP) is 1.89. The zero-order valence-corrected chi connectivity index (χ0v) is 9.74. The van der Waals surface area contributed by atoms with Gasteiger partial charge in [-0.3, -0.25) is 4.79 Å². The number of halogens is 1. The molecular weight excluding hydrogens is 219 g/mol. The summed E-state index contributed by atoms with van der Waals surface area (Å²) >= 11 is 0. The summed E-state index contributed by atoms with van der Waals surface area (Å²) in [7, 11) is 0. The van der Waals surface area contributed by atoms with E-state index in [1.54, 1.807) is 0 Å². The minimum Gasteiger partial charge on any atom is -0.399 e. The molecule has 0 radical (unpaired) electrons. The van der Waals surface area contributed by atoms with Gasteiger partial charge < -0.3 is 10.6 Å². The van der Waals surface area contributed by atoms with Gasteiger partial charge in [0.1, 0.15) is 5.82 Å². The normalized spacial score (nSPS) is 9.71.